The molecule has 0 saturated heterocycles. The molecule has 1 N–H and O–H groups in total. The Bertz CT molecular complexity index is 910. The van der Waals surface area contributed by atoms with E-state index in [2.05, 4.69) is 25.2 Å². The fourth-order valence-corrected chi connectivity index (χ4v) is 4.02. The highest BCUT2D eigenvalue weighted by atomic mass is 35.5. The highest BCUT2D eigenvalue weighted by Crippen LogP contribution is 2.41. The Balaban J connectivity index is 1.40. The van der Waals surface area contributed by atoms with E-state index in [0.29, 0.717) is 30.4 Å². The maximum Gasteiger partial charge on any atom is 0.237 e. The summed E-state index contributed by atoms with van der Waals surface area (Å²) >= 11 is 6.14. The van der Waals surface area contributed by atoms with Gasteiger partial charge in [-0.3, -0.25) is 4.68 Å². The summed E-state index contributed by atoms with van der Waals surface area (Å²) in [5, 5.41) is 7.91. The first-order chi connectivity index (χ1) is 13.3. The highest BCUT2D eigenvalue weighted by molar-refractivity contribution is 6.31. The molecule has 2 aliphatic rings. The molecule has 0 aromatic carbocycles. The van der Waals surface area contributed by atoms with Crippen molar-refractivity contribution in [3.05, 3.63) is 34.5 Å². The zero-order valence-electron chi connectivity index (χ0n) is 15.8. The smallest absolute Gasteiger partial charge is 0.237 e. The van der Waals surface area contributed by atoms with Crippen molar-refractivity contribution in [1.29, 1.82) is 0 Å². The van der Waals surface area contributed by atoms with Gasteiger partial charge in [0.05, 0.1) is 36.4 Å². The summed E-state index contributed by atoms with van der Waals surface area (Å²) in [4.78, 5) is 12.1. The summed E-state index contributed by atoms with van der Waals surface area (Å²) in [5.74, 6) is 0.828. The van der Waals surface area contributed by atoms with E-state index in [1.165, 1.54) is 6.20 Å². The van der Waals surface area contributed by atoms with E-state index in [1.54, 1.807) is 13.1 Å². The van der Waals surface area contributed by atoms with Crippen molar-refractivity contribution in [3.8, 4) is 5.88 Å². The van der Waals surface area contributed by atoms with E-state index in [9.17, 15) is 4.39 Å². The van der Waals surface area contributed by atoms with Crippen LogP contribution in [0.15, 0.2) is 12.4 Å². The predicted molar refractivity (Wildman–Crippen MR) is 104 cm³/mol. The van der Waals surface area contributed by atoms with Gasteiger partial charge in [-0.25, -0.2) is 15.9 Å². The summed E-state index contributed by atoms with van der Waals surface area (Å²) in [5.41, 5.74) is 0.682. The average molecular weight is 405 g/mol. The van der Waals surface area contributed by atoms with Crippen molar-refractivity contribution in [2.45, 2.75) is 57.3 Å². The van der Waals surface area contributed by atoms with E-state index in [-0.39, 0.29) is 23.9 Å². The predicted octanol–water partition coefficient (Wildman–Crippen LogP) is 4.52. The zero-order valence-corrected chi connectivity index (χ0v) is 16.6. The van der Waals surface area contributed by atoms with Crippen LogP contribution in [0.1, 0.15) is 44.3 Å². The molecule has 2 saturated carbocycles. The molecule has 9 heteroatoms. The lowest BCUT2D eigenvalue weighted by Crippen LogP contribution is -2.39. The van der Waals surface area contributed by atoms with Crippen molar-refractivity contribution in [3.63, 3.8) is 0 Å². The van der Waals surface area contributed by atoms with Crippen molar-refractivity contribution in [1.82, 2.24) is 19.7 Å². The Morgan fingerprint density at radius 1 is 1.43 bits per heavy atom. The molecule has 0 atom stereocenters. The van der Waals surface area contributed by atoms with E-state index in [4.69, 9.17) is 22.9 Å². The van der Waals surface area contributed by atoms with Gasteiger partial charge in [-0.1, -0.05) is 11.6 Å². The summed E-state index contributed by atoms with van der Waals surface area (Å²) < 4.78 is 21.2. The molecular weight excluding hydrogens is 383 g/mol. The average Bonchev–Trinajstić information content (AvgIpc) is 2.93. The van der Waals surface area contributed by atoms with Gasteiger partial charge in [-0.2, -0.15) is 10.1 Å². The highest BCUT2D eigenvalue weighted by Gasteiger charge is 2.41. The maximum absolute atomic E-state index is 13.6. The van der Waals surface area contributed by atoms with Crippen LogP contribution in [-0.4, -0.2) is 38.1 Å². The van der Waals surface area contributed by atoms with Crippen molar-refractivity contribution < 1.29 is 9.13 Å². The number of alkyl halides is 1. The molecule has 4 rings (SSSR count). The van der Waals surface area contributed by atoms with Crippen molar-refractivity contribution in [2.75, 3.05) is 11.9 Å². The Labute approximate surface area is 168 Å². The Kier molecular flexibility index (Phi) is 4.88. The van der Waals surface area contributed by atoms with Crippen LogP contribution in [-0.2, 0) is 0 Å². The third-order valence-electron chi connectivity index (χ3n) is 5.50. The first-order valence-electron chi connectivity index (χ1n) is 9.36. The molecule has 0 radical (unpaired) electrons. The lowest BCUT2D eigenvalue weighted by molar-refractivity contribution is 0.00165. The van der Waals surface area contributed by atoms with Crippen LogP contribution < -0.4 is 10.1 Å². The van der Waals surface area contributed by atoms with Gasteiger partial charge in [-0.05, 0) is 32.6 Å². The molecule has 0 spiro atoms. The van der Waals surface area contributed by atoms with Gasteiger partial charge in [0.2, 0.25) is 17.9 Å². The first kappa shape index (κ1) is 18.9. The zero-order chi connectivity index (χ0) is 19.9. The van der Waals surface area contributed by atoms with Crippen LogP contribution in [0.2, 0.25) is 5.02 Å². The van der Waals surface area contributed by atoms with Gasteiger partial charge >= 0.3 is 0 Å². The number of hydrogen-bond donors (Lipinski definition) is 1. The number of nitrogens with zero attached hydrogens (tertiary/aromatic N) is 5. The number of hydrogen-bond acceptors (Lipinski definition) is 5. The lowest BCUT2D eigenvalue weighted by Gasteiger charge is -2.38. The van der Waals surface area contributed by atoms with Gasteiger partial charge in [0.15, 0.2) is 0 Å². The quantitative estimate of drug-likeness (QED) is 0.717. The van der Waals surface area contributed by atoms with Gasteiger partial charge in [0, 0.05) is 12.8 Å². The molecule has 2 fully saturated rings. The van der Waals surface area contributed by atoms with Crippen LogP contribution >= 0.6 is 11.6 Å². The molecule has 28 heavy (non-hydrogen) atoms. The van der Waals surface area contributed by atoms with Gasteiger partial charge in [-0.15, -0.1) is 0 Å². The first-order valence-corrected chi connectivity index (χ1v) is 9.74. The fourth-order valence-electron chi connectivity index (χ4n) is 3.87. The van der Waals surface area contributed by atoms with E-state index >= 15 is 0 Å². The minimum Gasteiger partial charge on any atom is -0.476 e. The normalized spacial score (nSPS) is 28.8. The second-order valence-corrected chi connectivity index (χ2v) is 8.37. The number of halogens is 2. The maximum atomic E-state index is 13.6. The number of rotatable bonds is 6. The molecule has 2 aromatic heterocycles. The Morgan fingerprint density at radius 3 is 2.86 bits per heavy atom. The molecule has 0 unspecified atom stereocenters. The lowest BCUT2D eigenvalue weighted by atomic mass is 9.74. The summed E-state index contributed by atoms with van der Waals surface area (Å²) in [7, 11) is 0. The molecule has 7 nitrogen and oxygen atoms in total. The summed E-state index contributed by atoms with van der Waals surface area (Å²) in [6, 6.07) is 0.374. The largest absolute Gasteiger partial charge is 0.476 e. The fraction of sp³-hybridized carbons (Fsp3) is 0.579. The monoisotopic (exact) mass is 404 g/mol. The Hall–Kier alpha value is -2.40. The van der Waals surface area contributed by atoms with E-state index in [1.807, 2.05) is 11.6 Å². The topological polar surface area (TPSA) is 69.2 Å². The Morgan fingerprint density at radius 2 is 2.18 bits per heavy atom. The molecule has 148 valence electrons. The van der Waals surface area contributed by atoms with Crippen molar-refractivity contribution in [2.24, 2.45) is 5.92 Å². The molecule has 0 amide bonds. The molecule has 2 aliphatic carbocycles. The standard InChI is InChI=1S/C19H22ClFN6O/c1-11-16(9-24-27(11)14-4-13(5-14)22-3)25-18-23-8-15(20)17(26-18)28-10-12-6-19(2,21)7-12/h8-9,12-14H,4-7,10H2,1-2H3,(H,23,25,26). The third-order valence-corrected chi connectivity index (χ3v) is 5.76. The third kappa shape index (κ3) is 3.76. The van der Waals surface area contributed by atoms with E-state index < -0.39 is 5.67 Å². The molecular formula is C19H22ClFN6O. The summed E-state index contributed by atoms with van der Waals surface area (Å²) in [6.45, 7) is 11.0. The number of ether oxygens (including phenoxy) is 1. The van der Waals surface area contributed by atoms with Gasteiger partial charge < -0.3 is 14.9 Å². The van der Waals surface area contributed by atoms with Crippen molar-refractivity contribution >= 4 is 23.2 Å². The van der Waals surface area contributed by atoms with Crippen LogP contribution in [0.5, 0.6) is 5.88 Å². The van der Waals surface area contributed by atoms with Gasteiger partial charge in [0.25, 0.3) is 0 Å². The minimum atomic E-state index is -1.08. The van der Waals surface area contributed by atoms with Crippen LogP contribution in [0.3, 0.4) is 0 Å². The molecule has 2 heterocycles. The molecule has 0 bridgehead atoms. The second kappa shape index (κ2) is 7.21. The number of nitrogens with one attached hydrogen (secondary N) is 1. The SMILES string of the molecule is [C-]#[N+]C1CC(n2ncc(Nc3ncc(Cl)c(OCC4CC(C)(F)C4)n3)c2C)C1. The number of aromatic nitrogens is 4. The molecule has 2 aromatic rings. The minimum absolute atomic E-state index is 0.107. The van der Waals surface area contributed by atoms with Crippen LogP contribution in [0, 0.1) is 19.4 Å². The summed E-state index contributed by atoms with van der Waals surface area (Å²) in [6.07, 6.45) is 5.87. The van der Waals surface area contributed by atoms with Gasteiger partial charge in [0.1, 0.15) is 10.7 Å². The van der Waals surface area contributed by atoms with E-state index in [0.717, 1.165) is 24.2 Å². The second-order valence-electron chi connectivity index (χ2n) is 7.97. The van der Waals surface area contributed by atoms with Crippen LogP contribution in [0.4, 0.5) is 16.0 Å². The number of anilines is 2. The molecule has 0 aliphatic heterocycles. The van der Waals surface area contributed by atoms with Crippen LogP contribution in [0.25, 0.3) is 4.85 Å².